The Kier molecular flexibility index (Phi) is 3.44. The lowest BCUT2D eigenvalue weighted by Gasteiger charge is -2.08. The van der Waals surface area contributed by atoms with Crippen molar-refractivity contribution >= 4 is 18.9 Å². The Labute approximate surface area is 104 Å². The molecule has 0 atom stereocenters. The quantitative estimate of drug-likeness (QED) is 0.769. The van der Waals surface area contributed by atoms with Gasteiger partial charge >= 0.3 is 0 Å². The second kappa shape index (κ2) is 5.19. The summed E-state index contributed by atoms with van der Waals surface area (Å²) < 4.78 is 0. The minimum absolute atomic E-state index is 0.140. The Balaban J connectivity index is 2.73. The Bertz CT molecular complexity index is 601. The summed E-state index contributed by atoms with van der Waals surface area (Å²) in [4.78, 5) is 33.0. The van der Waals surface area contributed by atoms with Crippen molar-refractivity contribution in [2.45, 2.75) is 0 Å². The molecule has 18 heavy (non-hydrogen) atoms. The molecule has 0 aliphatic carbocycles. The average Bonchev–Trinajstić information content (AvgIpc) is 2.46. The van der Waals surface area contributed by atoms with Crippen LogP contribution in [0.4, 0.5) is 0 Å². The fourth-order valence-electron chi connectivity index (χ4n) is 1.88. The fourth-order valence-corrected chi connectivity index (χ4v) is 1.88. The van der Waals surface area contributed by atoms with Crippen molar-refractivity contribution in [3.05, 3.63) is 59.2 Å². The topological polar surface area (TPSA) is 51.2 Å². The van der Waals surface area contributed by atoms with Gasteiger partial charge in [0.25, 0.3) is 0 Å². The second-order valence-corrected chi connectivity index (χ2v) is 3.75. The van der Waals surface area contributed by atoms with Crippen LogP contribution in [0.15, 0.2) is 42.5 Å². The van der Waals surface area contributed by atoms with Crippen LogP contribution in [0.25, 0.3) is 11.1 Å². The minimum Gasteiger partial charge on any atom is -0.298 e. The highest BCUT2D eigenvalue weighted by Gasteiger charge is 2.13. The van der Waals surface area contributed by atoms with Gasteiger partial charge in [-0.2, -0.15) is 0 Å². The summed E-state index contributed by atoms with van der Waals surface area (Å²) in [6.45, 7) is 0. The summed E-state index contributed by atoms with van der Waals surface area (Å²) in [7, 11) is 0. The normalized spacial score (nSPS) is 9.78. The Morgan fingerprint density at radius 2 is 1.33 bits per heavy atom. The monoisotopic (exact) mass is 238 g/mol. The van der Waals surface area contributed by atoms with E-state index in [1.165, 1.54) is 0 Å². The van der Waals surface area contributed by atoms with Gasteiger partial charge in [0.05, 0.1) is 0 Å². The molecule has 3 nitrogen and oxygen atoms in total. The summed E-state index contributed by atoms with van der Waals surface area (Å²) in [6.07, 6.45) is 1.73. The highest BCUT2D eigenvalue weighted by molar-refractivity contribution is 6.03. The summed E-state index contributed by atoms with van der Waals surface area (Å²) in [5.74, 6) is 0. The van der Waals surface area contributed by atoms with Crippen LogP contribution >= 0.6 is 0 Å². The van der Waals surface area contributed by atoms with E-state index >= 15 is 0 Å². The Morgan fingerprint density at radius 1 is 0.667 bits per heavy atom. The first-order chi connectivity index (χ1) is 8.81. The van der Waals surface area contributed by atoms with E-state index in [-0.39, 0.29) is 16.7 Å². The van der Waals surface area contributed by atoms with Gasteiger partial charge in [-0.1, -0.05) is 42.5 Å². The summed E-state index contributed by atoms with van der Waals surface area (Å²) in [6, 6.07) is 12.5. The molecule has 2 aromatic rings. The molecule has 0 saturated heterocycles. The van der Waals surface area contributed by atoms with Crippen LogP contribution in [0.3, 0.4) is 0 Å². The molecule has 0 amide bonds. The fraction of sp³-hybridized carbons (Fsp3) is 0. The molecule has 2 rings (SSSR count). The van der Waals surface area contributed by atoms with E-state index < -0.39 is 0 Å². The SMILES string of the molecule is O=Cc1ccc(-c2ccccc2)c(C=O)c1C=O. The molecule has 0 aliphatic rings. The van der Waals surface area contributed by atoms with Gasteiger partial charge in [-0.05, 0) is 11.1 Å². The van der Waals surface area contributed by atoms with Crippen molar-refractivity contribution in [3.8, 4) is 11.1 Å². The van der Waals surface area contributed by atoms with Crippen LogP contribution in [0.1, 0.15) is 31.1 Å². The molecule has 0 heterocycles. The summed E-state index contributed by atoms with van der Waals surface area (Å²) in [5, 5.41) is 0. The molecule has 0 aliphatic heterocycles. The van der Waals surface area contributed by atoms with E-state index in [0.717, 1.165) is 5.56 Å². The highest BCUT2D eigenvalue weighted by Crippen LogP contribution is 2.26. The molecule has 88 valence electrons. The van der Waals surface area contributed by atoms with E-state index in [0.29, 0.717) is 24.4 Å². The lowest BCUT2D eigenvalue weighted by atomic mass is 9.93. The highest BCUT2D eigenvalue weighted by atomic mass is 16.1. The number of benzene rings is 2. The van der Waals surface area contributed by atoms with Crippen molar-refractivity contribution < 1.29 is 14.4 Å². The first kappa shape index (κ1) is 11.9. The Morgan fingerprint density at radius 3 is 1.89 bits per heavy atom. The average molecular weight is 238 g/mol. The molecule has 0 fully saturated rings. The molecular formula is C15H10O3. The molecule has 0 spiro atoms. The number of carbonyl (C=O) groups excluding carboxylic acids is 3. The molecule has 0 saturated carbocycles. The number of hydrogen-bond donors (Lipinski definition) is 0. The van der Waals surface area contributed by atoms with Crippen molar-refractivity contribution in [2.75, 3.05) is 0 Å². The largest absolute Gasteiger partial charge is 0.298 e. The molecule has 0 N–H and O–H groups in total. The molecule has 0 radical (unpaired) electrons. The first-order valence-corrected chi connectivity index (χ1v) is 5.39. The predicted octanol–water partition coefficient (Wildman–Crippen LogP) is 2.79. The van der Waals surface area contributed by atoms with Gasteiger partial charge in [0.1, 0.15) is 0 Å². The van der Waals surface area contributed by atoms with E-state index in [1.807, 2.05) is 30.3 Å². The molecule has 0 unspecified atom stereocenters. The maximum absolute atomic E-state index is 11.2. The molecule has 3 heteroatoms. The van der Waals surface area contributed by atoms with Crippen LogP contribution in [0.2, 0.25) is 0 Å². The van der Waals surface area contributed by atoms with Gasteiger partial charge in [0, 0.05) is 16.7 Å². The standard InChI is InChI=1S/C15H10O3/c16-8-12-6-7-13(11-4-2-1-3-5-11)15(10-18)14(12)9-17/h1-10H. The maximum Gasteiger partial charge on any atom is 0.151 e. The molecule has 2 aromatic carbocycles. The molecule has 0 bridgehead atoms. The Hall–Kier alpha value is -2.55. The lowest BCUT2D eigenvalue weighted by molar-refractivity contribution is 0.108. The zero-order chi connectivity index (χ0) is 13.0. The minimum atomic E-state index is 0.140. The van der Waals surface area contributed by atoms with Crippen molar-refractivity contribution in [3.63, 3.8) is 0 Å². The van der Waals surface area contributed by atoms with Crippen LogP contribution in [-0.2, 0) is 0 Å². The third-order valence-electron chi connectivity index (χ3n) is 2.77. The number of rotatable bonds is 4. The van der Waals surface area contributed by atoms with E-state index in [4.69, 9.17) is 0 Å². The van der Waals surface area contributed by atoms with Gasteiger partial charge in [0.15, 0.2) is 18.9 Å². The summed E-state index contributed by atoms with van der Waals surface area (Å²) >= 11 is 0. The van der Waals surface area contributed by atoms with Crippen molar-refractivity contribution in [1.29, 1.82) is 0 Å². The van der Waals surface area contributed by atoms with Gasteiger partial charge in [-0.3, -0.25) is 14.4 Å². The zero-order valence-electron chi connectivity index (χ0n) is 9.50. The number of hydrogen-bond acceptors (Lipinski definition) is 3. The lowest BCUT2D eigenvalue weighted by Crippen LogP contribution is -2.00. The number of aldehydes is 3. The molecule has 0 aromatic heterocycles. The van der Waals surface area contributed by atoms with Crippen LogP contribution in [0, 0.1) is 0 Å². The van der Waals surface area contributed by atoms with E-state index in [2.05, 4.69) is 0 Å². The smallest absolute Gasteiger partial charge is 0.151 e. The van der Waals surface area contributed by atoms with Crippen molar-refractivity contribution in [1.82, 2.24) is 0 Å². The van der Waals surface area contributed by atoms with E-state index in [1.54, 1.807) is 12.1 Å². The predicted molar refractivity (Wildman–Crippen MR) is 68.0 cm³/mol. The van der Waals surface area contributed by atoms with Gasteiger partial charge < -0.3 is 0 Å². The van der Waals surface area contributed by atoms with Crippen LogP contribution < -0.4 is 0 Å². The maximum atomic E-state index is 11.2. The van der Waals surface area contributed by atoms with Crippen LogP contribution in [0.5, 0.6) is 0 Å². The number of carbonyl (C=O) groups is 3. The zero-order valence-corrected chi connectivity index (χ0v) is 9.50. The summed E-state index contributed by atoms with van der Waals surface area (Å²) in [5.41, 5.74) is 2.10. The van der Waals surface area contributed by atoms with Gasteiger partial charge in [-0.25, -0.2) is 0 Å². The third-order valence-corrected chi connectivity index (χ3v) is 2.77. The van der Waals surface area contributed by atoms with Crippen LogP contribution in [-0.4, -0.2) is 18.9 Å². The van der Waals surface area contributed by atoms with Crippen molar-refractivity contribution in [2.24, 2.45) is 0 Å². The van der Waals surface area contributed by atoms with Gasteiger partial charge in [-0.15, -0.1) is 0 Å². The second-order valence-electron chi connectivity index (χ2n) is 3.75. The third kappa shape index (κ3) is 1.98. The molecular weight excluding hydrogens is 228 g/mol. The van der Waals surface area contributed by atoms with Gasteiger partial charge in [0.2, 0.25) is 0 Å². The first-order valence-electron chi connectivity index (χ1n) is 5.39. The van der Waals surface area contributed by atoms with E-state index in [9.17, 15) is 14.4 Å².